The fraction of sp³-hybridized carbons (Fsp3) is 0.778. The number of morpholine rings is 1. The van der Waals surface area contributed by atoms with E-state index in [1.54, 1.807) is 0 Å². The molecule has 1 atom stereocenters. The molecule has 0 bridgehead atoms. The Hall–Kier alpha value is -1.35. The molecule has 1 rings (SSSR count). The van der Waals surface area contributed by atoms with Gasteiger partial charge in [-0.1, -0.05) is 0 Å². The van der Waals surface area contributed by atoms with Gasteiger partial charge in [-0.3, -0.25) is 4.79 Å². The molecule has 18 heavy (non-hydrogen) atoms. The summed E-state index contributed by atoms with van der Waals surface area (Å²) in [5.74, 6) is -2.06. The lowest BCUT2D eigenvalue weighted by Crippen LogP contribution is -2.53. The summed E-state index contributed by atoms with van der Waals surface area (Å²) in [6.07, 6.45) is -4.52. The maximum Gasteiger partial charge on any atom is 0.411 e. The van der Waals surface area contributed by atoms with Gasteiger partial charge < -0.3 is 19.5 Å². The summed E-state index contributed by atoms with van der Waals surface area (Å²) < 4.78 is 44.4. The second-order valence-electron chi connectivity index (χ2n) is 3.62. The minimum atomic E-state index is -4.52. The fourth-order valence-corrected chi connectivity index (χ4v) is 1.44. The summed E-state index contributed by atoms with van der Waals surface area (Å²) in [5, 5.41) is 8.82. The van der Waals surface area contributed by atoms with Crippen LogP contribution in [-0.2, 0) is 19.1 Å². The molecule has 1 N–H and O–H groups in total. The monoisotopic (exact) mass is 271 g/mol. The van der Waals surface area contributed by atoms with Gasteiger partial charge in [-0.05, 0) is 0 Å². The second kappa shape index (κ2) is 6.01. The maximum atomic E-state index is 11.8. The Kier molecular flexibility index (Phi) is 4.91. The van der Waals surface area contributed by atoms with Gasteiger partial charge in [0.05, 0.1) is 13.2 Å². The first-order valence-electron chi connectivity index (χ1n) is 5.06. The van der Waals surface area contributed by atoms with E-state index < -0.39 is 37.3 Å². The van der Waals surface area contributed by atoms with Crippen molar-refractivity contribution < 1.29 is 37.3 Å². The third-order valence-electron chi connectivity index (χ3n) is 2.23. The van der Waals surface area contributed by atoms with E-state index in [1.807, 2.05) is 0 Å². The number of rotatable bonds is 4. The van der Waals surface area contributed by atoms with Crippen LogP contribution in [0.15, 0.2) is 0 Å². The van der Waals surface area contributed by atoms with E-state index in [1.165, 1.54) is 0 Å². The number of carboxylic acids is 1. The van der Waals surface area contributed by atoms with Crippen LogP contribution in [0.5, 0.6) is 0 Å². The summed E-state index contributed by atoms with van der Waals surface area (Å²) >= 11 is 0. The normalized spacial score (nSPS) is 20.8. The molecule has 1 aliphatic heterocycles. The summed E-state index contributed by atoms with van der Waals surface area (Å²) in [5.41, 5.74) is 0. The minimum Gasteiger partial charge on any atom is -0.480 e. The summed E-state index contributed by atoms with van der Waals surface area (Å²) in [6.45, 7) is -2.36. The number of carbonyl (C=O) groups is 2. The first-order chi connectivity index (χ1) is 8.31. The molecule has 1 heterocycles. The van der Waals surface area contributed by atoms with E-state index in [0.29, 0.717) is 0 Å². The third-order valence-corrected chi connectivity index (χ3v) is 2.23. The van der Waals surface area contributed by atoms with Crippen LogP contribution in [0.3, 0.4) is 0 Å². The maximum absolute atomic E-state index is 11.8. The fourth-order valence-electron chi connectivity index (χ4n) is 1.44. The predicted molar refractivity (Wildman–Crippen MR) is 50.8 cm³/mol. The van der Waals surface area contributed by atoms with Gasteiger partial charge in [0, 0.05) is 6.54 Å². The highest BCUT2D eigenvalue weighted by Crippen LogP contribution is 2.15. The number of hydrogen-bond donors (Lipinski definition) is 1. The van der Waals surface area contributed by atoms with Crippen molar-refractivity contribution in [2.45, 2.75) is 12.2 Å². The van der Waals surface area contributed by atoms with Crippen LogP contribution in [0.2, 0.25) is 0 Å². The Morgan fingerprint density at radius 2 is 2.11 bits per heavy atom. The lowest BCUT2D eigenvalue weighted by Gasteiger charge is -2.32. The van der Waals surface area contributed by atoms with E-state index in [-0.39, 0.29) is 19.8 Å². The molecule has 1 saturated heterocycles. The molecular formula is C9H12F3NO5. The average Bonchev–Trinajstić information content (AvgIpc) is 2.27. The highest BCUT2D eigenvalue weighted by molar-refractivity contribution is 5.84. The van der Waals surface area contributed by atoms with Gasteiger partial charge in [-0.2, -0.15) is 13.2 Å². The van der Waals surface area contributed by atoms with Crippen LogP contribution in [0, 0.1) is 0 Å². The zero-order valence-electron chi connectivity index (χ0n) is 9.27. The average molecular weight is 271 g/mol. The summed E-state index contributed by atoms with van der Waals surface area (Å²) in [7, 11) is 0. The topological polar surface area (TPSA) is 76.1 Å². The van der Waals surface area contributed by atoms with Gasteiger partial charge in [0.15, 0.2) is 6.04 Å². The Morgan fingerprint density at radius 3 is 2.67 bits per heavy atom. The van der Waals surface area contributed by atoms with E-state index >= 15 is 0 Å². The molecule has 0 radical (unpaired) electrons. The lowest BCUT2D eigenvalue weighted by atomic mass is 10.2. The Balaban J connectivity index is 2.46. The molecule has 0 spiro atoms. The molecule has 0 aromatic heterocycles. The number of amides is 1. The van der Waals surface area contributed by atoms with Gasteiger partial charge in [-0.15, -0.1) is 0 Å². The van der Waals surface area contributed by atoms with Gasteiger partial charge in [0.1, 0.15) is 13.2 Å². The summed E-state index contributed by atoms with van der Waals surface area (Å²) in [4.78, 5) is 23.3. The first-order valence-corrected chi connectivity index (χ1v) is 5.06. The number of halogens is 3. The molecular weight excluding hydrogens is 259 g/mol. The van der Waals surface area contributed by atoms with Crippen molar-refractivity contribution >= 4 is 11.9 Å². The zero-order chi connectivity index (χ0) is 13.8. The van der Waals surface area contributed by atoms with Gasteiger partial charge in [0.25, 0.3) is 0 Å². The van der Waals surface area contributed by atoms with E-state index in [2.05, 4.69) is 4.74 Å². The van der Waals surface area contributed by atoms with Crippen molar-refractivity contribution in [2.75, 3.05) is 33.0 Å². The Bertz CT molecular complexity index is 320. The van der Waals surface area contributed by atoms with Crippen LogP contribution < -0.4 is 0 Å². The van der Waals surface area contributed by atoms with E-state index in [9.17, 15) is 22.8 Å². The molecule has 6 nitrogen and oxygen atoms in total. The van der Waals surface area contributed by atoms with E-state index in [4.69, 9.17) is 9.84 Å². The van der Waals surface area contributed by atoms with Gasteiger partial charge >= 0.3 is 12.1 Å². The van der Waals surface area contributed by atoms with Gasteiger partial charge in [0.2, 0.25) is 5.91 Å². The van der Waals surface area contributed by atoms with Crippen LogP contribution in [0.1, 0.15) is 0 Å². The second-order valence-corrected chi connectivity index (χ2v) is 3.62. The minimum absolute atomic E-state index is 0.0190. The van der Waals surface area contributed by atoms with Crippen molar-refractivity contribution in [3.63, 3.8) is 0 Å². The number of aliphatic carboxylic acids is 1. The standard InChI is InChI=1S/C9H12F3NO5/c10-9(11,12)5-18-4-7(14)13-1-2-17-3-6(13)8(15)16/h6H,1-5H2,(H,15,16). The number of nitrogens with zero attached hydrogens (tertiary/aromatic N) is 1. The highest BCUT2D eigenvalue weighted by Gasteiger charge is 2.33. The Morgan fingerprint density at radius 1 is 1.44 bits per heavy atom. The molecule has 1 amide bonds. The van der Waals surface area contributed by atoms with Crippen LogP contribution in [0.4, 0.5) is 13.2 Å². The van der Waals surface area contributed by atoms with Crippen molar-refractivity contribution in [3.8, 4) is 0 Å². The number of carboxylic acid groups (broad SMARTS) is 1. The van der Waals surface area contributed by atoms with Crippen molar-refractivity contribution in [3.05, 3.63) is 0 Å². The molecule has 1 aliphatic rings. The molecule has 1 fully saturated rings. The van der Waals surface area contributed by atoms with Crippen molar-refractivity contribution in [1.82, 2.24) is 4.90 Å². The smallest absolute Gasteiger partial charge is 0.411 e. The van der Waals surface area contributed by atoms with Crippen LogP contribution >= 0.6 is 0 Å². The zero-order valence-corrected chi connectivity index (χ0v) is 9.27. The van der Waals surface area contributed by atoms with Crippen LogP contribution in [0.25, 0.3) is 0 Å². The SMILES string of the molecule is O=C(O)C1COCCN1C(=O)COCC(F)(F)F. The van der Waals surface area contributed by atoms with Gasteiger partial charge in [-0.25, -0.2) is 4.79 Å². The quantitative estimate of drug-likeness (QED) is 0.771. The third kappa shape index (κ3) is 4.49. The molecule has 0 saturated carbocycles. The molecule has 104 valence electrons. The lowest BCUT2D eigenvalue weighted by molar-refractivity contribution is -0.181. The molecule has 9 heteroatoms. The van der Waals surface area contributed by atoms with E-state index in [0.717, 1.165) is 4.90 Å². The predicted octanol–water partition coefficient (Wildman–Crippen LogP) is -0.123. The van der Waals surface area contributed by atoms with Crippen molar-refractivity contribution in [2.24, 2.45) is 0 Å². The van der Waals surface area contributed by atoms with Crippen molar-refractivity contribution in [1.29, 1.82) is 0 Å². The first kappa shape index (κ1) is 14.7. The number of hydrogen-bond acceptors (Lipinski definition) is 4. The molecule has 1 unspecified atom stereocenters. The number of ether oxygens (including phenoxy) is 2. The number of alkyl halides is 3. The van der Waals surface area contributed by atoms with Crippen LogP contribution in [-0.4, -0.2) is 67.1 Å². The molecule has 0 aliphatic carbocycles. The molecule has 0 aromatic carbocycles. The summed E-state index contributed by atoms with van der Waals surface area (Å²) in [6, 6.07) is -1.18. The number of carbonyl (C=O) groups excluding carboxylic acids is 1. The Labute approximate surface area is 100 Å². The highest BCUT2D eigenvalue weighted by atomic mass is 19.4. The molecule has 0 aromatic rings. The largest absolute Gasteiger partial charge is 0.480 e.